The third-order valence-electron chi connectivity index (χ3n) is 2.41. The van der Waals surface area contributed by atoms with Gasteiger partial charge in [0.15, 0.2) is 0 Å². The highest BCUT2D eigenvalue weighted by atomic mass is 35.5. The van der Waals surface area contributed by atoms with Crippen molar-refractivity contribution < 1.29 is 16.8 Å². The first-order valence-electron chi connectivity index (χ1n) is 6.06. The van der Waals surface area contributed by atoms with Gasteiger partial charge in [-0.05, 0) is 25.5 Å². The van der Waals surface area contributed by atoms with E-state index in [4.69, 9.17) is 5.73 Å². The van der Waals surface area contributed by atoms with Crippen molar-refractivity contribution in [2.75, 3.05) is 25.4 Å². The molecule has 1 rings (SSSR count). The monoisotopic (exact) mass is 377 g/mol. The third kappa shape index (κ3) is 7.04. The molecule has 0 aliphatic heterocycles. The Labute approximate surface area is 135 Å². The number of sulfonamides is 2. The van der Waals surface area contributed by atoms with Gasteiger partial charge in [0.1, 0.15) is 4.21 Å². The van der Waals surface area contributed by atoms with E-state index >= 15 is 0 Å². The van der Waals surface area contributed by atoms with Crippen molar-refractivity contribution in [3.63, 3.8) is 0 Å². The molecule has 0 aromatic carbocycles. The van der Waals surface area contributed by atoms with E-state index in [0.29, 0.717) is 6.42 Å². The Balaban J connectivity index is 0.00000400. The first-order valence-corrected chi connectivity index (χ1v) is 10.0. The van der Waals surface area contributed by atoms with E-state index in [0.717, 1.165) is 16.2 Å². The minimum atomic E-state index is -3.51. The fraction of sp³-hybridized carbons (Fsp3) is 0.600. The maximum absolute atomic E-state index is 11.8. The molecule has 0 unspecified atom stereocenters. The van der Waals surface area contributed by atoms with Crippen LogP contribution in [0.25, 0.3) is 0 Å². The summed E-state index contributed by atoms with van der Waals surface area (Å²) in [5.74, 6) is 0.0279. The molecule has 1 aromatic rings. The Morgan fingerprint density at radius 3 is 2.38 bits per heavy atom. The zero-order chi connectivity index (χ0) is 15.2. The zero-order valence-corrected chi connectivity index (χ0v) is 14.8. The Bertz CT molecular complexity index is 628. The summed E-state index contributed by atoms with van der Waals surface area (Å²) in [5, 5.41) is 0. The molecule has 124 valence electrons. The molecule has 0 spiro atoms. The van der Waals surface area contributed by atoms with E-state index in [-0.39, 0.29) is 42.0 Å². The minimum Gasteiger partial charge on any atom is -0.329 e. The van der Waals surface area contributed by atoms with Crippen molar-refractivity contribution in [1.29, 1.82) is 0 Å². The molecule has 21 heavy (non-hydrogen) atoms. The summed E-state index contributed by atoms with van der Waals surface area (Å²) >= 11 is 1.12. The summed E-state index contributed by atoms with van der Waals surface area (Å²) in [6.07, 6.45) is 0.455. The molecule has 0 bridgehead atoms. The molecule has 0 atom stereocenters. The van der Waals surface area contributed by atoms with Crippen LogP contribution in [-0.2, 0) is 26.5 Å². The molecule has 0 aliphatic carbocycles. The Morgan fingerprint density at radius 1 is 1.14 bits per heavy atom. The molecule has 0 saturated heterocycles. The zero-order valence-electron chi connectivity index (χ0n) is 11.5. The number of halogens is 1. The molecule has 0 aliphatic rings. The fourth-order valence-corrected chi connectivity index (χ4v) is 4.40. The van der Waals surface area contributed by atoms with Crippen LogP contribution in [0.2, 0.25) is 0 Å². The van der Waals surface area contributed by atoms with Gasteiger partial charge in [0.25, 0.3) is 0 Å². The lowest BCUT2D eigenvalue weighted by Gasteiger charge is -2.03. The first-order chi connectivity index (χ1) is 9.30. The molecular weight excluding hydrogens is 358 g/mol. The Hall–Kier alpha value is -0.230. The van der Waals surface area contributed by atoms with Gasteiger partial charge in [-0.25, -0.2) is 26.3 Å². The van der Waals surface area contributed by atoms with E-state index in [1.54, 1.807) is 13.0 Å². The number of rotatable bonds is 9. The van der Waals surface area contributed by atoms with Crippen molar-refractivity contribution in [1.82, 2.24) is 9.44 Å². The molecule has 0 radical (unpaired) electrons. The second-order valence-electron chi connectivity index (χ2n) is 3.95. The molecule has 0 fully saturated rings. The lowest BCUT2D eigenvalue weighted by atomic mass is 10.3. The second-order valence-corrected chi connectivity index (χ2v) is 9.21. The number of hydrogen-bond donors (Lipinski definition) is 3. The van der Waals surface area contributed by atoms with Gasteiger partial charge < -0.3 is 5.73 Å². The molecular formula is C10H20ClN3O4S3. The second kappa shape index (κ2) is 9.03. The largest absolute Gasteiger partial charge is 0.329 e. The van der Waals surface area contributed by atoms with Gasteiger partial charge in [0, 0.05) is 24.5 Å². The Morgan fingerprint density at radius 2 is 1.81 bits per heavy atom. The van der Waals surface area contributed by atoms with Gasteiger partial charge in [-0.15, -0.1) is 23.7 Å². The number of nitrogens with two attached hydrogens (primary N) is 1. The van der Waals surface area contributed by atoms with Crippen LogP contribution in [0, 0.1) is 0 Å². The van der Waals surface area contributed by atoms with Crippen LogP contribution >= 0.6 is 23.7 Å². The molecule has 1 aromatic heterocycles. The summed E-state index contributed by atoms with van der Waals surface area (Å²) in [6.45, 7) is 2.23. The first kappa shape index (κ1) is 20.8. The quantitative estimate of drug-likeness (QED) is 0.554. The van der Waals surface area contributed by atoms with Gasteiger partial charge in [-0.1, -0.05) is 0 Å². The van der Waals surface area contributed by atoms with Crippen LogP contribution in [0.15, 0.2) is 16.3 Å². The van der Waals surface area contributed by atoms with E-state index in [1.807, 2.05) is 0 Å². The van der Waals surface area contributed by atoms with Crippen molar-refractivity contribution in [3.05, 3.63) is 17.0 Å². The normalized spacial score (nSPS) is 12.1. The average Bonchev–Trinajstić information content (AvgIpc) is 2.86. The standard InChI is InChI=1S/C10H19N3O4S3.ClH/c1-2-19(14,15)12-7-5-9-3-4-10(18-9)20(16,17)13-8-6-11;/h3-4,12-13H,2,5-8,11H2,1H3;1H. The van der Waals surface area contributed by atoms with Crippen molar-refractivity contribution in [2.24, 2.45) is 5.73 Å². The lowest BCUT2D eigenvalue weighted by molar-refractivity contribution is 0.582. The number of hydrogen-bond acceptors (Lipinski definition) is 6. The smallest absolute Gasteiger partial charge is 0.250 e. The van der Waals surface area contributed by atoms with Crippen LogP contribution in [0.5, 0.6) is 0 Å². The van der Waals surface area contributed by atoms with Crippen LogP contribution < -0.4 is 15.2 Å². The molecule has 11 heteroatoms. The van der Waals surface area contributed by atoms with E-state index in [9.17, 15) is 16.8 Å². The van der Waals surface area contributed by atoms with E-state index in [1.165, 1.54) is 6.07 Å². The molecule has 0 amide bonds. The van der Waals surface area contributed by atoms with Crippen LogP contribution in [-0.4, -0.2) is 42.2 Å². The van der Waals surface area contributed by atoms with E-state index < -0.39 is 20.0 Å². The topological polar surface area (TPSA) is 118 Å². The SMILES string of the molecule is CCS(=O)(=O)NCCc1ccc(S(=O)(=O)NCCN)s1.Cl. The minimum absolute atomic E-state index is 0. The van der Waals surface area contributed by atoms with Gasteiger partial charge in [-0.3, -0.25) is 0 Å². The van der Waals surface area contributed by atoms with Gasteiger partial charge in [0.2, 0.25) is 20.0 Å². The van der Waals surface area contributed by atoms with Crippen molar-refractivity contribution in [2.45, 2.75) is 17.6 Å². The predicted octanol–water partition coefficient (Wildman–Crippen LogP) is -0.111. The lowest BCUT2D eigenvalue weighted by Crippen LogP contribution is -2.28. The van der Waals surface area contributed by atoms with Gasteiger partial charge in [0.05, 0.1) is 5.75 Å². The maximum atomic E-state index is 11.8. The molecule has 4 N–H and O–H groups in total. The highest BCUT2D eigenvalue weighted by molar-refractivity contribution is 7.91. The van der Waals surface area contributed by atoms with Crippen LogP contribution in [0.3, 0.4) is 0 Å². The number of thiophene rings is 1. The van der Waals surface area contributed by atoms with Crippen molar-refractivity contribution in [3.8, 4) is 0 Å². The maximum Gasteiger partial charge on any atom is 0.250 e. The molecule has 1 heterocycles. The third-order valence-corrected chi connectivity index (χ3v) is 6.91. The average molecular weight is 378 g/mol. The predicted molar refractivity (Wildman–Crippen MR) is 87.0 cm³/mol. The molecule has 0 saturated carbocycles. The number of nitrogens with one attached hydrogen (secondary N) is 2. The fourth-order valence-electron chi connectivity index (χ4n) is 1.33. The van der Waals surface area contributed by atoms with Crippen LogP contribution in [0.4, 0.5) is 0 Å². The summed E-state index contributed by atoms with van der Waals surface area (Å²) in [6, 6.07) is 3.19. The summed E-state index contributed by atoms with van der Waals surface area (Å²) in [4.78, 5) is 0.803. The van der Waals surface area contributed by atoms with Gasteiger partial charge >= 0.3 is 0 Å². The summed E-state index contributed by atoms with van der Waals surface area (Å²) < 4.78 is 51.1. The molecule has 7 nitrogen and oxygen atoms in total. The van der Waals surface area contributed by atoms with E-state index in [2.05, 4.69) is 9.44 Å². The summed E-state index contributed by atoms with van der Waals surface area (Å²) in [7, 11) is -6.72. The highest BCUT2D eigenvalue weighted by Crippen LogP contribution is 2.21. The Kier molecular flexibility index (Phi) is 8.93. The van der Waals surface area contributed by atoms with Crippen molar-refractivity contribution >= 4 is 43.8 Å². The highest BCUT2D eigenvalue weighted by Gasteiger charge is 2.16. The van der Waals surface area contributed by atoms with Gasteiger partial charge in [-0.2, -0.15) is 0 Å². The summed E-state index contributed by atoms with van der Waals surface area (Å²) in [5.41, 5.74) is 5.25. The van der Waals surface area contributed by atoms with Crippen LogP contribution in [0.1, 0.15) is 11.8 Å².